The Labute approximate surface area is 110 Å². The Hall–Kier alpha value is -2.24. The van der Waals surface area contributed by atoms with Gasteiger partial charge in [-0.15, -0.1) is 0 Å². The molecule has 0 amide bonds. The van der Waals surface area contributed by atoms with E-state index in [2.05, 4.69) is 0 Å². The Bertz CT molecular complexity index is 661. The lowest BCUT2D eigenvalue weighted by Gasteiger charge is -2.09. The molecule has 1 nitrogen and oxygen atoms in total. The zero-order valence-electron chi connectivity index (χ0n) is 9.84. The van der Waals surface area contributed by atoms with E-state index in [0.29, 0.717) is 18.2 Å². The van der Waals surface area contributed by atoms with Crippen molar-refractivity contribution in [2.45, 2.75) is 6.18 Å². The number of carbonyl (C=O) groups excluding carboxylic acids is 1. The van der Waals surface area contributed by atoms with Crippen molar-refractivity contribution in [3.8, 4) is 0 Å². The molecule has 0 heterocycles. The Balaban J connectivity index is 2.49. The smallest absolute Gasteiger partial charge is 0.288 e. The molecule has 0 fully saturated rings. The molecule has 0 atom stereocenters. The number of rotatable bonds is 2. The molecule has 0 saturated carbocycles. The molecule has 0 aliphatic rings. The summed E-state index contributed by atoms with van der Waals surface area (Å²) < 4.78 is 64.1. The summed E-state index contributed by atoms with van der Waals surface area (Å²) in [5.41, 5.74) is -2.10. The van der Waals surface area contributed by atoms with E-state index in [1.165, 1.54) is 12.1 Å². The molecule has 0 aliphatic heterocycles. The van der Waals surface area contributed by atoms with Crippen LogP contribution in [0, 0.1) is 11.6 Å². The van der Waals surface area contributed by atoms with Crippen LogP contribution in [0.2, 0.25) is 0 Å². The first-order chi connectivity index (χ1) is 9.29. The highest BCUT2D eigenvalue weighted by atomic mass is 19.4. The lowest BCUT2D eigenvalue weighted by atomic mass is 10.0. The van der Waals surface area contributed by atoms with E-state index in [0.717, 1.165) is 12.1 Å². The molecule has 2 aromatic carbocycles. The monoisotopic (exact) mass is 286 g/mol. The van der Waals surface area contributed by atoms with Crippen LogP contribution in [0.15, 0.2) is 42.5 Å². The number of halogens is 5. The fraction of sp³-hybridized carbons (Fsp3) is 0.0714. The Morgan fingerprint density at radius 2 is 1.65 bits per heavy atom. The first-order valence-corrected chi connectivity index (χ1v) is 5.46. The molecular weight excluding hydrogens is 279 g/mol. The van der Waals surface area contributed by atoms with Crippen LogP contribution in [0.4, 0.5) is 22.0 Å². The van der Waals surface area contributed by atoms with Gasteiger partial charge in [-0.25, -0.2) is 8.78 Å². The Kier molecular flexibility index (Phi) is 3.57. The van der Waals surface area contributed by atoms with Gasteiger partial charge >= 0.3 is 6.18 Å². The lowest BCUT2D eigenvalue weighted by molar-refractivity contribution is -0.137. The van der Waals surface area contributed by atoms with E-state index in [1.54, 1.807) is 0 Å². The van der Waals surface area contributed by atoms with E-state index < -0.39 is 34.7 Å². The molecular formula is C14H7F5O. The predicted octanol–water partition coefficient (Wildman–Crippen LogP) is 4.21. The maximum absolute atomic E-state index is 13.5. The number of alkyl halides is 3. The van der Waals surface area contributed by atoms with Crippen molar-refractivity contribution in [1.29, 1.82) is 0 Å². The summed E-state index contributed by atoms with van der Waals surface area (Å²) in [5, 5.41) is 0. The number of ketones is 1. The third-order valence-electron chi connectivity index (χ3n) is 2.63. The molecule has 0 spiro atoms. The van der Waals surface area contributed by atoms with Crippen LogP contribution in [-0.2, 0) is 6.18 Å². The van der Waals surface area contributed by atoms with Crippen LogP contribution < -0.4 is 0 Å². The molecule has 0 aromatic heterocycles. The topological polar surface area (TPSA) is 17.1 Å². The molecule has 0 radical (unpaired) electrons. The van der Waals surface area contributed by atoms with Crippen LogP contribution in [0.5, 0.6) is 0 Å². The number of benzene rings is 2. The second-order valence-corrected chi connectivity index (χ2v) is 4.03. The van der Waals surface area contributed by atoms with Gasteiger partial charge in [-0.2, -0.15) is 13.2 Å². The van der Waals surface area contributed by atoms with Gasteiger partial charge in [0.05, 0.1) is 11.1 Å². The van der Waals surface area contributed by atoms with Crippen LogP contribution >= 0.6 is 0 Å². The van der Waals surface area contributed by atoms with Gasteiger partial charge in [0.15, 0.2) is 5.78 Å². The zero-order valence-corrected chi connectivity index (χ0v) is 9.84. The van der Waals surface area contributed by atoms with Gasteiger partial charge in [0.1, 0.15) is 11.6 Å². The lowest BCUT2D eigenvalue weighted by Crippen LogP contribution is -2.10. The molecule has 0 N–H and O–H groups in total. The third kappa shape index (κ3) is 2.84. The summed E-state index contributed by atoms with van der Waals surface area (Å²) in [6.45, 7) is 0. The van der Waals surface area contributed by atoms with Crippen LogP contribution in [0.25, 0.3) is 0 Å². The third-order valence-corrected chi connectivity index (χ3v) is 2.63. The van der Waals surface area contributed by atoms with E-state index in [1.807, 2.05) is 0 Å². The molecule has 0 unspecified atom stereocenters. The van der Waals surface area contributed by atoms with Gasteiger partial charge in [-0.1, -0.05) is 12.1 Å². The Morgan fingerprint density at radius 1 is 0.950 bits per heavy atom. The van der Waals surface area contributed by atoms with Gasteiger partial charge in [-0.3, -0.25) is 4.79 Å². The van der Waals surface area contributed by atoms with Crippen molar-refractivity contribution in [3.63, 3.8) is 0 Å². The summed E-state index contributed by atoms with van der Waals surface area (Å²) in [5.74, 6) is -2.83. The summed E-state index contributed by atoms with van der Waals surface area (Å²) in [7, 11) is 0. The Morgan fingerprint density at radius 3 is 2.25 bits per heavy atom. The highest BCUT2D eigenvalue weighted by Gasteiger charge is 2.32. The van der Waals surface area contributed by atoms with Crippen molar-refractivity contribution in [2.75, 3.05) is 0 Å². The van der Waals surface area contributed by atoms with Crippen molar-refractivity contribution in [2.24, 2.45) is 0 Å². The minimum atomic E-state index is -4.69. The van der Waals surface area contributed by atoms with Crippen molar-refractivity contribution < 1.29 is 26.7 Å². The number of carbonyl (C=O) groups is 1. The van der Waals surface area contributed by atoms with E-state index in [-0.39, 0.29) is 5.56 Å². The maximum Gasteiger partial charge on any atom is 0.416 e. The maximum atomic E-state index is 13.5. The molecule has 0 saturated heterocycles. The van der Waals surface area contributed by atoms with Crippen LogP contribution in [-0.4, -0.2) is 5.78 Å². The van der Waals surface area contributed by atoms with Crippen LogP contribution in [0.3, 0.4) is 0 Å². The van der Waals surface area contributed by atoms with Crippen molar-refractivity contribution in [1.82, 2.24) is 0 Å². The predicted molar refractivity (Wildman–Crippen MR) is 61.2 cm³/mol. The molecule has 20 heavy (non-hydrogen) atoms. The number of hydrogen-bond acceptors (Lipinski definition) is 1. The summed E-state index contributed by atoms with van der Waals surface area (Å²) in [6.07, 6.45) is -4.69. The van der Waals surface area contributed by atoms with E-state index >= 15 is 0 Å². The minimum Gasteiger partial charge on any atom is -0.288 e. The zero-order chi connectivity index (χ0) is 14.9. The second-order valence-electron chi connectivity index (χ2n) is 4.03. The van der Waals surface area contributed by atoms with Crippen molar-refractivity contribution >= 4 is 5.78 Å². The average Bonchev–Trinajstić information content (AvgIpc) is 2.37. The fourth-order valence-corrected chi connectivity index (χ4v) is 1.66. The molecule has 104 valence electrons. The minimum absolute atomic E-state index is 0.219. The largest absolute Gasteiger partial charge is 0.416 e. The SMILES string of the molecule is O=C(c1cccc(F)c1)c1cc(C(F)(F)F)ccc1F. The molecule has 2 rings (SSSR count). The van der Waals surface area contributed by atoms with E-state index in [4.69, 9.17) is 0 Å². The quantitative estimate of drug-likeness (QED) is 0.597. The van der Waals surface area contributed by atoms with Gasteiger partial charge in [0.25, 0.3) is 0 Å². The first kappa shape index (κ1) is 14.2. The standard InChI is InChI=1S/C14H7F5O/c15-10-3-1-2-8(6-10)13(20)11-7-9(14(17,18)19)4-5-12(11)16/h1-7H. The molecule has 2 aromatic rings. The number of hydrogen-bond donors (Lipinski definition) is 0. The van der Waals surface area contributed by atoms with Gasteiger partial charge in [0.2, 0.25) is 0 Å². The van der Waals surface area contributed by atoms with Crippen molar-refractivity contribution in [3.05, 3.63) is 70.8 Å². The normalized spacial score (nSPS) is 11.4. The van der Waals surface area contributed by atoms with Crippen LogP contribution in [0.1, 0.15) is 21.5 Å². The first-order valence-electron chi connectivity index (χ1n) is 5.46. The summed E-state index contributed by atoms with van der Waals surface area (Å²) >= 11 is 0. The van der Waals surface area contributed by atoms with Gasteiger partial charge < -0.3 is 0 Å². The second kappa shape index (κ2) is 5.03. The molecule has 0 bridgehead atoms. The van der Waals surface area contributed by atoms with E-state index in [9.17, 15) is 26.7 Å². The molecule has 0 aliphatic carbocycles. The summed E-state index contributed by atoms with van der Waals surface area (Å²) in [6, 6.07) is 5.84. The average molecular weight is 286 g/mol. The molecule has 6 heteroatoms. The van der Waals surface area contributed by atoms with Gasteiger partial charge in [-0.05, 0) is 30.3 Å². The van der Waals surface area contributed by atoms with Gasteiger partial charge in [0, 0.05) is 5.56 Å². The summed E-state index contributed by atoms with van der Waals surface area (Å²) in [4.78, 5) is 11.9. The fourth-order valence-electron chi connectivity index (χ4n) is 1.66. The highest BCUT2D eigenvalue weighted by Crippen LogP contribution is 2.30. The highest BCUT2D eigenvalue weighted by molar-refractivity contribution is 6.09.